The molecule has 5 nitrogen and oxygen atoms in total. The topological polar surface area (TPSA) is 47.6 Å². The Labute approximate surface area is 163 Å². The van der Waals surface area contributed by atoms with Gasteiger partial charge in [-0.3, -0.25) is 4.79 Å². The van der Waals surface area contributed by atoms with Crippen molar-refractivity contribution in [1.29, 1.82) is 0 Å². The van der Waals surface area contributed by atoms with Crippen LogP contribution in [0.15, 0.2) is 24.3 Å². The Balaban J connectivity index is 1.24. The Hall–Kier alpha value is -1.43. The molecule has 2 aliphatic carbocycles. The summed E-state index contributed by atoms with van der Waals surface area (Å²) in [7, 11) is 2.22. The summed E-state index contributed by atoms with van der Waals surface area (Å²) in [6.07, 6.45) is 5.10. The first-order chi connectivity index (χ1) is 13.1. The number of anilines is 1. The zero-order valence-corrected chi connectivity index (χ0v) is 16.8. The van der Waals surface area contributed by atoms with Crippen LogP contribution in [0.2, 0.25) is 0 Å². The van der Waals surface area contributed by atoms with E-state index in [0.717, 1.165) is 18.2 Å². The molecule has 0 radical (unpaired) electrons. The molecule has 1 heterocycles. The van der Waals surface area contributed by atoms with Crippen molar-refractivity contribution in [2.45, 2.75) is 44.1 Å². The number of fused-ring (bicyclic) bond motifs is 1. The van der Waals surface area contributed by atoms with Crippen molar-refractivity contribution in [1.82, 2.24) is 15.1 Å². The lowest BCUT2D eigenvalue weighted by molar-refractivity contribution is -0.114. The number of amides is 1. The SMILES string of the molecule is CC(=O)Nc1cccc([C@]23CC[C@@H](NCCCN4CCN(C)CC4)[C@H]2C3)c1. The third-order valence-corrected chi connectivity index (χ3v) is 6.93. The van der Waals surface area contributed by atoms with E-state index < -0.39 is 0 Å². The van der Waals surface area contributed by atoms with Gasteiger partial charge in [0.1, 0.15) is 0 Å². The number of piperazine rings is 1. The van der Waals surface area contributed by atoms with Gasteiger partial charge in [0.15, 0.2) is 0 Å². The van der Waals surface area contributed by atoms with Crippen molar-refractivity contribution < 1.29 is 4.79 Å². The van der Waals surface area contributed by atoms with E-state index in [1.54, 1.807) is 6.92 Å². The zero-order chi connectivity index (χ0) is 18.9. The van der Waals surface area contributed by atoms with Crippen LogP contribution in [0.25, 0.3) is 0 Å². The average Bonchev–Trinajstić information content (AvgIpc) is 3.29. The van der Waals surface area contributed by atoms with Crippen LogP contribution in [0.1, 0.15) is 38.2 Å². The van der Waals surface area contributed by atoms with Crippen molar-refractivity contribution in [2.75, 3.05) is 51.6 Å². The molecule has 0 bridgehead atoms. The van der Waals surface area contributed by atoms with Gasteiger partial charge in [-0.1, -0.05) is 12.1 Å². The molecule has 0 unspecified atom stereocenters. The fourth-order valence-electron chi connectivity index (χ4n) is 5.25. The molecule has 0 aromatic heterocycles. The van der Waals surface area contributed by atoms with E-state index >= 15 is 0 Å². The zero-order valence-electron chi connectivity index (χ0n) is 16.8. The molecular formula is C22H34N4O. The molecule has 4 rings (SSSR count). The molecule has 1 aliphatic heterocycles. The van der Waals surface area contributed by atoms with Gasteiger partial charge in [0.05, 0.1) is 0 Å². The van der Waals surface area contributed by atoms with E-state index in [-0.39, 0.29) is 5.91 Å². The summed E-state index contributed by atoms with van der Waals surface area (Å²) in [5.74, 6) is 0.775. The Kier molecular flexibility index (Phi) is 5.53. The summed E-state index contributed by atoms with van der Waals surface area (Å²) in [4.78, 5) is 16.4. The van der Waals surface area contributed by atoms with E-state index in [1.165, 1.54) is 64.0 Å². The fraction of sp³-hybridized carbons (Fsp3) is 0.682. The number of hydrogen-bond donors (Lipinski definition) is 2. The van der Waals surface area contributed by atoms with Gasteiger partial charge < -0.3 is 20.4 Å². The Morgan fingerprint density at radius 3 is 2.81 bits per heavy atom. The lowest BCUT2D eigenvalue weighted by Crippen LogP contribution is -2.45. The monoisotopic (exact) mass is 370 g/mol. The summed E-state index contributed by atoms with van der Waals surface area (Å²) in [5.41, 5.74) is 2.72. The first-order valence-corrected chi connectivity index (χ1v) is 10.6. The van der Waals surface area contributed by atoms with Crippen LogP contribution in [0, 0.1) is 5.92 Å². The molecule has 1 amide bonds. The van der Waals surface area contributed by atoms with Crippen molar-refractivity contribution in [2.24, 2.45) is 5.92 Å². The number of nitrogens with one attached hydrogen (secondary N) is 2. The van der Waals surface area contributed by atoms with Crippen LogP contribution >= 0.6 is 0 Å². The van der Waals surface area contributed by atoms with Crippen molar-refractivity contribution in [3.63, 3.8) is 0 Å². The van der Waals surface area contributed by atoms with Crippen molar-refractivity contribution in [3.8, 4) is 0 Å². The standard InChI is InChI=1S/C22H34N4O/c1-17(27)24-19-6-3-5-18(15-19)22-8-7-21(20(22)16-22)23-9-4-10-26-13-11-25(2)12-14-26/h3,5-6,15,20-21,23H,4,7-14,16H2,1-2H3,(H,24,27)/t20-,21-,22-/m1/s1. The summed E-state index contributed by atoms with van der Waals surface area (Å²) < 4.78 is 0. The van der Waals surface area contributed by atoms with E-state index in [2.05, 4.69) is 45.7 Å². The summed E-state index contributed by atoms with van der Waals surface area (Å²) in [5, 5.41) is 6.79. The lowest BCUT2D eigenvalue weighted by atomic mass is 9.93. The highest BCUT2D eigenvalue weighted by Gasteiger charge is 2.62. The second-order valence-electron chi connectivity index (χ2n) is 8.83. The van der Waals surface area contributed by atoms with E-state index in [0.29, 0.717) is 11.5 Å². The Bertz CT molecular complexity index is 670. The number of carbonyl (C=O) groups excluding carboxylic acids is 1. The van der Waals surface area contributed by atoms with Crippen LogP contribution in [0.3, 0.4) is 0 Å². The third kappa shape index (κ3) is 4.20. The minimum atomic E-state index is 0.00307. The van der Waals surface area contributed by atoms with Gasteiger partial charge in [-0.15, -0.1) is 0 Å². The summed E-state index contributed by atoms with van der Waals surface area (Å²) >= 11 is 0. The van der Waals surface area contributed by atoms with E-state index in [1.807, 2.05) is 6.07 Å². The van der Waals surface area contributed by atoms with Gasteiger partial charge in [-0.05, 0) is 69.4 Å². The lowest BCUT2D eigenvalue weighted by Gasteiger charge is -2.32. The summed E-state index contributed by atoms with van der Waals surface area (Å²) in [6.45, 7) is 8.78. The van der Waals surface area contributed by atoms with Crippen LogP contribution in [0.4, 0.5) is 5.69 Å². The number of carbonyl (C=O) groups is 1. The maximum Gasteiger partial charge on any atom is 0.221 e. The normalized spacial score (nSPS) is 30.9. The van der Waals surface area contributed by atoms with Crippen molar-refractivity contribution >= 4 is 11.6 Å². The average molecular weight is 371 g/mol. The number of rotatable bonds is 7. The molecular weight excluding hydrogens is 336 g/mol. The van der Waals surface area contributed by atoms with Crippen molar-refractivity contribution in [3.05, 3.63) is 29.8 Å². The molecule has 5 heteroatoms. The predicted molar refractivity (Wildman–Crippen MR) is 110 cm³/mol. The summed E-state index contributed by atoms with van der Waals surface area (Å²) in [6, 6.07) is 9.18. The third-order valence-electron chi connectivity index (χ3n) is 6.93. The quantitative estimate of drug-likeness (QED) is 0.723. The minimum Gasteiger partial charge on any atom is -0.326 e. The van der Waals surface area contributed by atoms with Crippen LogP contribution in [-0.4, -0.2) is 68.1 Å². The number of likely N-dealkylation sites (N-methyl/N-ethyl adjacent to an activating group) is 1. The minimum absolute atomic E-state index is 0.00307. The first kappa shape index (κ1) is 18.9. The molecule has 3 aliphatic rings. The second kappa shape index (κ2) is 7.90. The maximum atomic E-state index is 11.3. The van der Waals surface area contributed by atoms with Crippen LogP contribution in [-0.2, 0) is 10.2 Å². The number of nitrogens with zero attached hydrogens (tertiary/aromatic N) is 2. The molecule has 3 atom stereocenters. The molecule has 2 N–H and O–H groups in total. The Morgan fingerprint density at radius 1 is 1.26 bits per heavy atom. The predicted octanol–water partition coefficient (Wildman–Crippen LogP) is 2.29. The van der Waals surface area contributed by atoms with Gasteiger partial charge in [0.2, 0.25) is 5.91 Å². The molecule has 148 valence electrons. The molecule has 0 spiro atoms. The van der Waals surface area contributed by atoms with Gasteiger partial charge in [-0.25, -0.2) is 0 Å². The van der Waals surface area contributed by atoms with Gasteiger partial charge in [0.25, 0.3) is 0 Å². The highest BCUT2D eigenvalue weighted by molar-refractivity contribution is 5.88. The maximum absolute atomic E-state index is 11.3. The molecule has 1 aromatic rings. The van der Waals surface area contributed by atoms with E-state index in [9.17, 15) is 4.79 Å². The molecule has 1 saturated heterocycles. The van der Waals surface area contributed by atoms with E-state index in [4.69, 9.17) is 0 Å². The van der Waals surface area contributed by atoms with Gasteiger partial charge >= 0.3 is 0 Å². The molecule has 27 heavy (non-hydrogen) atoms. The van der Waals surface area contributed by atoms with Gasteiger partial charge in [0, 0.05) is 50.2 Å². The van der Waals surface area contributed by atoms with Crippen LogP contribution < -0.4 is 10.6 Å². The highest BCUT2D eigenvalue weighted by Crippen LogP contribution is 2.64. The van der Waals surface area contributed by atoms with Crippen LogP contribution in [0.5, 0.6) is 0 Å². The molecule has 1 aromatic carbocycles. The first-order valence-electron chi connectivity index (χ1n) is 10.6. The highest BCUT2D eigenvalue weighted by atomic mass is 16.1. The van der Waals surface area contributed by atoms with Gasteiger partial charge in [-0.2, -0.15) is 0 Å². The fourth-order valence-corrected chi connectivity index (χ4v) is 5.25. The second-order valence-corrected chi connectivity index (χ2v) is 8.83. The molecule has 3 fully saturated rings. The number of hydrogen-bond acceptors (Lipinski definition) is 4. The molecule has 2 saturated carbocycles. The number of benzene rings is 1. The largest absolute Gasteiger partial charge is 0.326 e. The Morgan fingerprint density at radius 2 is 2.07 bits per heavy atom. The smallest absolute Gasteiger partial charge is 0.221 e.